The van der Waals surface area contributed by atoms with E-state index >= 15 is 0 Å². The van der Waals surface area contributed by atoms with Gasteiger partial charge >= 0.3 is 5.97 Å². The van der Waals surface area contributed by atoms with E-state index in [2.05, 4.69) is 0 Å². The molecule has 0 radical (unpaired) electrons. The van der Waals surface area contributed by atoms with Crippen molar-refractivity contribution >= 4 is 5.97 Å². The van der Waals surface area contributed by atoms with Gasteiger partial charge in [0.05, 0.1) is 11.2 Å². The Morgan fingerprint density at radius 3 is 2.44 bits per heavy atom. The highest BCUT2D eigenvalue weighted by molar-refractivity contribution is 5.89. The zero-order valence-electron chi connectivity index (χ0n) is 9.38. The van der Waals surface area contributed by atoms with Crippen molar-refractivity contribution in [3.8, 4) is 0 Å². The maximum absolute atomic E-state index is 11.5. The van der Waals surface area contributed by atoms with Gasteiger partial charge in [-0.15, -0.1) is 0 Å². The molecule has 0 unspecified atom stereocenters. The molecular weight excluding hydrogens is 208 g/mol. The summed E-state index contributed by atoms with van der Waals surface area (Å²) in [6, 6.07) is 8.49. The van der Waals surface area contributed by atoms with Crippen LogP contribution < -0.4 is 0 Å². The molecule has 1 aromatic rings. The number of carbonyl (C=O) groups is 1. The van der Waals surface area contributed by atoms with E-state index in [0.717, 1.165) is 0 Å². The fourth-order valence-electron chi connectivity index (χ4n) is 1.02. The van der Waals surface area contributed by atoms with Crippen LogP contribution in [-0.2, 0) is 4.74 Å². The number of rotatable bonds is 4. The first-order valence-corrected chi connectivity index (χ1v) is 5.04. The van der Waals surface area contributed by atoms with Crippen molar-refractivity contribution in [1.29, 1.82) is 0 Å². The topological polar surface area (TPSA) is 66.8 Å². The van der Waals surface area contributed by atoms with Gasteiger partial charge in [0.15, 0.2) is 0 Å². The molecule has 0 aliphatic carbocycles. The largest absolute Gasteiger partial charge is 0.459 e. The van der Waals surface area contributed by atoms with Gasteiger partial charge in [0.1, 0.15) is 12.7 Å². The fourth-order valence-corrected chi connectivity index (χ4v) is 1.02. The summed E-state index contributed by atoms with van der Waals surface area (Å²) in [6.07, 6.45) is -1.10. The Hall–Kier alpha value is -1.39. The van der Waals surface area contributed by atoms with E-state index in [0.29, 0.717) is 5.56 Å². The monoisotopic (exact) mass is 224 g/mol. The van der Waals surface area contributed by atoms with E-state index in [4.69, 9.17) is 4.74 Å². The van der Waals surface area contributed by atoms with E-state index in [1.54, 1.807) is 30.3 Å². The van der Waals surface area contributed by atoms with Crippen LogP contribution >= 0.6 is 0 Å². The number of aliphatic hydroxyl groups excluding tert-OH is 1. The van der Waals surface area contributed by atoms with Crippen LogP contribution in [0.3, 0.4) is 0 Å². The smallest absolute Gasteiger partial charge is 0.338 e. The van der Waals surface area contributed by atoms with Gasteiger partial charge in [-0.1, -0.05) is 18.2 Å². The van der Waals surface area contributed by atoms with E-state index in [9.17, 15) is 15.0 Å². The molecule has 0 heterocycles. The summed E-state index contributed by atoms with van der Waals surface area (Å²) in [7, 11) is 0. The lowest BCUT2D eigenvalue weighted by atomic mass is 10.0. The van der Waals surface area contributed by atoms with Gasteiger partial charge in [-0.3, -0.25) is 0 Å². The maximum atomic E-state index is 11.5. The summed E-state index contributed by atoms with van der Waals surface area (Å²) >= 11 is 0. The highest BCUT2D eigenvalue weighted by atomic mass is 16.5. The molecule has 0 saturated heterocycles. The van der Waals surface area contributed by atoms with Crippen LogP contribution in [0.4, 0.5) is 0 Å². The number of aliphatic hydroxyl groups is 2. The summed E-state index contributed by atoms with van der Waals surface area (Å²) in [6.45, 7) is 2.68. The van der Waals surface area contributed by atoms with Gasteiger partial charge in [0.25, 0.3) is 0 Å². The van der Waals surface area contributed by atoms with Crippen LogP contribution in [0.1, 0.15) is 24.2 Å². The fraction of sp³-hybridized carbons (Fsp3) is 0.417. The number of hydrogen-bond donors (Lipinski definition) is 2. The highest BCUT2D eigenvalue weighted by Crippen LogP contribution is 2.09. The molecule has 88 valence electrons. The predicted octanol–water partition coefficient (Wildman–Crippen LogP) is 0.975. The molecule has 1 atom stereocenters. The quantitative estimate of drug-likeness (QED) is 0.748. The van der Waals surface area contributed by atoms with Crippen LogP contribution in [0.15, 0.2) is 30.3 Å². The number of esters is 1. The van der Waals surface area contributed by atoms with Gasteiger partial charge in [0, 0.05) is 0 Å². The molecule has 0 spiro atoms. The Labute approximate surface area is 94.5 Å². The Morgan fingerprint density at radius 1 is 1.38 bits per heavy atom. The zero-order chi connectivity index (χ0) is 12.2. The molecule has 0 bridgehead atoms. The third-order valence-electron chi connectivity index (χ3n) is 2.20. The molecule has 0 amide bonds. The van der Waals surface area contributed by atoms with E-state index < -0.39 is 17.7 Å². The average molecular weight is 224 g/mol. The highest BCUT2D eigenvalue weighted by Gasteiger charge is 2.25. The molecule has 16 heavy (non-hydrogen) atoms. The second kappa shape index (κ2) is 5.09. The summed E-state index contributed by atoms with van der Waals surface area (Å²) in [5.74, 6) is -0.510. The number of carbonyl (C=O) groups excluding carboxylic acids is 1. The molecule has 2 N–H and O–H groups in total. The molecule has 0 aromatic heterocycles. The van der Waals surface area contributed by atoms with Crippen LogP contribution in [0.5, 0.6) is 0 Å². The summed E-state index contributed by atoms with van der Waals surface area (Å²) in [4.78, 5) is 11.5. The molecule has 0 saturated carbocycles. The van der Waals surface area contributed by atoms with Crippen LogP contribution in [-0.4, -0.2) is 34.5 Å². The van der Waals surface area contributed by atoms with Crippen LogP contribution in [0.2, 0.25) is 0 Å². The molecule has 0 aliphatic rings. The molecule has 0 aliphatic heterocycles. The lowest BCUT2D eigenvalue weighted by Gasteiger charge is -2.23. The van der Waals surface area contributed by atoms with E-state index in [1.807, 2.05) is 0 Å². The SMILES string of the molecule is CC(C)(O)[C@H](O)COC(=O)c1ccccc1. The van der Waals surface area contributed by atoms with Gasteiger partial charge < -0.3 is 14.9 Å². The van der Waals surface area contributed by atoms with Crippen LogP contribution in [0, 0.1) is 0 Å². The summed E-state index contributed by atoms with van der Waals surface area (Å²) in [5, 5.41) is 18.9. The molecule has 4 nitrogen and oxygen atoms in total. The molecule has 1 rings (SSSR count). The summed E-state index contributed by atoms with van der Waals surface area (Å²) in [5.41, 5.74) is -0.859. The van der Waals surface area contributed by atoms with Crippen molar-refractivity contribution in [2.75, 3.05) is 6.61 Å². The Kier molecular flexibility index (Phi) is 4.04. The summed E-state index contributed by atoms with van der Waals surface area (Å²) < 4.78 is 4.87. The first-order valence-electron chi connectivity index (χ1n) is 5.04. The Balaban J connectivity index is 2.48. The van der Waals surface area contributed by atoms with Crippen molar-refractivity contribution in [3.05, 3.63) is 35.9 Å². The van der Waals surface area contributed by atoms with E-state index in [1.165, 1.54) is 13.8 Å². The Bertz CT molecular complexity index is 340. The minimum atomic E-state index is -1.28. The van der Waals surface area contributed by atoms with Crippen LogP contribution in [0.25, 0.3) is 0 Å². The number of hydrogen-bond acceptors (Lipinski definition) is 4. The number of benzene rings is 1. The first kappa shape index (κ1) is 12.7. The maximum Gasteiger partial charge on any atom is 0.338 e. The standard InChI is InChI=1S/C12H16O4/c1-12(2,15)10(13)8-16-11(14)9-6-4-3-5-7-9/h3-7,10,13,15H,8H2,1-2H3/t10-/m1/s1. The molecule has 0 fully saturated rings. The minimum absolute atomic E-state index is 0.225. The second-order valence-electron chi connectivity index (χ2n) is 4.13. The molecular formula is C12H16O4. The van der Waals surface area contributed by atoms with Gasteiger partial charge in [0.2, 0.25) is 0 Å². The molecule has 4 heteroatoms. The Morgan fingerprint density at radius 2 is 1.94 bits per heavy atom. The van der Waals surface area contributed by atoms with Crippen molar-refractivity contribution in [3.63, 3.8) is 0 Å². The van der Waals surface area contributed by atoms with Crippen molar-refractivity contribution in [2.45, 2.75) is 25.6 Å². The van der Waals surface area contributed by atoms with Crippen molar-refractivity contribution in [2.24, 2.45) is 0 Å². The normalized spacial score (nSPS) is 13.2. The van der Waals surface area contributed by atoms with Crippen molar-refractivity contribution in [1.82, 2.24) is 0 Å². The van der Waals surface area contributed by atoms with E-state index in [-0.39, 0.29) is 6.61 Å². The van der Waals surface area contributed by atoms with Gasteiger partial charge in [-0.25, -0.2) is 4.79 Å². The zero-order valence-corrected chi connectivity index (χ0v) is 9.38. The van der Waals surface area contributed by atoms with Gasteiger partial charge in [-0.2, -0.15) is 0 Å². The second-order valence-corrected chi connectivity index (χ2v) is 4.13. The number of ether oxygens (including phenoxy) is 1. The van der Waals surface area contributed by atoms with Crippen molar-refractivity contribution < 1.29 is 19.7 Å². The average Bonchev–Trinajstić information content (AvgIpc) is 2.25. The minimum Gasteiger partial charge on any atom is -0.459 e. The first-order chi connectivity index (χ1) is 7.41. The van der Waals surface area contributed by atoms with Gasteiger partial charge in [-0.05, 0) is 26.0 Å². The lowest BCUT2D eigenvalue weighted by Crippen LogP contribution is -2.39. The molecule has 1 aromatic carbocycles. The lowest BCUT2D eigenvalue weighted by molar-refractivity contribution is -0.0754. The predicted molar refractivity (Wildman–Crippen MR) is 59.0 cm³/mol. The third kappa shape index (κ3) is 3.64. The third-order valence-corrected chi connectivity index (χ3v) is 2.20.